The predicted octanol–water partition coefficient (Wildman–Crippen LogP) is 3.24. The molecule has 1 aliphatic rings. The standard InChI is InChI=1S/C22H17N3O4/c26-22(16-10-11-19-18(12-16)23-29-25(19)27)24-13-17-8-4-5-9-20(17)28-21(14-24)15-6-2-1-3-7-15/h1-12,21H,13-14H2. The maximum atomic E-state index is 13.3. The zero-order valence-electron chi connectivity index (χ0n) is 15.4. The van der Waals surface area contributed by atoms with Crippen LogP contribution in [0.25, 0.3) is 11.0 Å². The molecule has 0 fully saturated rings. The second-order valence-electron chi connectivity index (χ2n) is 6.94. The van der Waals surface area contributed by atoms with Crippen LogP contribution < -0.4 is 9.64 Å². The van der Waals surface area contributed by atoms with Crippen molar-refractivity contribution in [2.75, 3.05) is 6.54 Å². The van der Waals surface area contributed by atoms with E-state index in [-0.39, 0.29) is 17.5 Å². The van der Waals surface area contributed by atoms with Gasteiger partial charge in [0.1, 0.15) is 11.9 Å². The van der Waals surface area contributed by atoms with Crippen molar-refractivity contribution in [3.05, 3.63) is 94.7 Å². The van der Waals surface area contributed by atoms with Crippen LogP contribution in [0.5, 0.6) is 5.75 Å². The summed E-state index contributed by atoms with van der Waals surface area (Å²) in [4.78, 5) is 15.4. The van der Waals surface area contributed by atoms with Crippen LogP contribution in [0.3, 0.4) is 0 Å². The Balaban J connectivity index is 1.52. The number of para-hydroxylation sites is 1. The molecule has 3 aromatic carbocycles. The molecule has 1 unspecified atom stereocenters. The van der Waals surface area contributed by atoms with Crippen LogP contribution in [-0.2, 0) is 6.54 Å². The van der Waals surface area contributed by atoms with E-state index in [2.05, 4.69) is 9.79 Å². The van der Waals surface area contributed by atoms with Gasteiger partial charge >= 0.3 is 0 Å². The van der Waals surface area contributed by atoms with Gasteiger partial charge in [0, 0.05) is 28.9 Å². The summed E-state index contributed by atoms with van der Waals surface area (Å²) >= 11 is 0. The highest BCUT2D eigenvalue weighted by atomic mass is 16.8. The van der Waals surface area contributed by atoms with Gasteiger partial charge in [-0.1, -0.05) is 48.5 Å². The number of aromatic nitrogens is 2. The quantitative estimate of drug-likeness (QED) is 0.493. The average molecular weight is 387 g/mol. The molecule has 0 spiro atoms. The van der Waals surface area contributed by atoms with Gasteiger partial charge < -0.3 is 14.8 Å². The van der Waals surface area contributed by atoms with E-state index in [0.29, 0.717) is 29.1 Å². The third-order valence-electron chi connectivity index (χ3n) is 5.08. The molecule has 0 aliphatic carbocycles. The van der Waals surface area contributed by atoms with Gasteiger partial charge in [-0.15, -0.1) is 0 Å². The topological polar surface area (TPSA) is 82.5 Å². The Bertz CT molecular complexity index is 1190. The first-order valence-corrected chi connectivity index (χ1v) is 9.27. The number of hydrogen-bond donors (Lipinski definition) is 0. The van der Waals surface area contributed by atoms with E-state index in [4.69, 9.17) is 4.74 Å². The lowest BCUT2D eigenvalue weighted by atomic mass is 10.1. The van der Waals surface area contributed by atoms with Crippen LogP contribution in [0.15, 0.2) is 77.4 Å². The first-order chi connectivity index (χ1) is 14.2. The summed E-state index contributed by atoms with van der Waals surface area (Å²) in [6.07, 6.45) is -0.289. The fourth-order valence-electron chi connectivity index (χ4n) is 3.60. The molecule has 1 atom stereocenters. The summed E-state index contributed by atoms with van der Waals surface area (Å²) in [7, 11) is 0. The Kier molecular flexibility index (Phi) is 4.13. The molecule has 1 aromatic heterocycles. The van der Waals surface area contributed by atoms with Crippen molar-refractivity contribution >= 4 is 16.9 Å². The Morgan fingerprint density at radius 3 is 2.72 bits per heavy atom. The second kappa shape index (κ2) is 6.94. The highest BCUT2D eigenvalue weighted by Gasteiger charge is 2.28. The third-order valence-corrected chi connectivity index (χ3v) is 5.08. The molecule has 7 heteroatoms. The van der Waals surface area contributed by atoms with Crippen molar-refractivity contribution in [3.8, 4) is 5.75 Å². The number of benzene rings is 3. The Morgan fingerprint density at radius 2 is 1.86 bits per heavy atom. The lowest BCUT2D eigenvalue weighted by molar-refractivity contribution is -0.782. The second-order valence-corrected chi connectivity index (χ2v) is 6.94. The molecule has 5 rings (SSSR count). The van der Waals surface area contributed by atoms with Crippen LogP contribution in [0.4, 0.5) is 0 Å². The number of carbonyl (C=O) groups is 1. The van der Waals surface area contributed by atoms with Crippen LogP contribution in [0, 0.1) is 5.21 Å². The summed E-state index contributed by atoms with van der Waals surface area (Å²) < 4.78 is 10.9. The molecule has 0 N–H and O–H groups in total. The summed E-state index contributed by atoms with van der Waals surface area (Å²) in [5.41, 5.74) is 3.02. The number of fused-ring (bicyclic) bond motifs is 2. The lowest BCUT2D eigenvalue weighted by Crippen LogP contribution is -2.34. The largest absolute Gasteiger partial charge is 0.484 e. The predicted molar refractivity (Wildman–Crippen MR) is 104 cm³/mol. The molecule has 29 heavy (non-hydrogen) atoms. The van der Waals surface area contributed by atoms with Crippen LogP contribution in [-0.4, -0.2) is 22.5 Å². The first kappa shape index (κ1) is 17.2. The van der Waals surface area contributed by atoms with E-state index in [1.54, 1.807) is 23.1 Å². The minimum absolute atomic E-state index is 0.159. The van der Waals surface area contributed by atoms with Crippen LogP contribution in [0.2, 0.25) is 0 Å². The minimum atomic E-state index is -0.289. The number of ether oxygens (including phenoxy) is 1. The lowest BCUT2D eigenvalue weighted by Gasteiger charge is -2.24. The maximum absolute atomic E-state index is 13.3. The fraction of sp³-hybridized carbons (Fsp3) is 0.136. The van der Waals surface area contributed by atoms with Crippen molar-refractivity contribution in [3.63, 3.8) is 0 Å². The summed E-state index contributed by atoms with van der Waals surface area (Å²) in [6.45, 7) is 0.826. The first-order valence-electron chi connectivity index (χ1n) is 9.27. The molecule has 0 saturated heterocycles. The summed E-state index contributed by atoms with van der Waals surface area (Å²) in [5.74, 6) is 0.615. The van der Waals surface area contributed by atoms with Crippen LogP contribution >= 0.6 is 0 Å². The zero-order valence-corrected chi connectivity index (χ0v) is 15.4. The number of amides is 1. The van der Waals surface area contributed by atoms with Gasteiger partial charge in [-0.2, -0.15) is 0 Å². The zero-order chi connectivity index (χ0) is 19.8. The Labute approximate surface area is 166 Å². The smallest absolute Gasteiger partial charge is 0.254 e. The summed E-state index contributed by atoms with van der Waals surface area (Å²) in [5, 5.41) is 15.2. The Morgan fingerprint density at radius 1 is 1.07 bits per heavy atom. The molecular weight excluding hydrogens is 370 g/mol. The van der Waals surface area contributed by atoms with E-state index in [1.165, 1.54) is 0 Å². The molecule has 0 bridgehead atoms. The normalized spacial score (nSPS) is 16.1. The minimum Gasteiger partial charge on any atom is -0.484 e. The van der Waals surface area contributed by atoms with Crippen LogP contribution in [0.1, 0.15) is 27.6 Å². The summed E-state index contributed by atoms with van der Waals surface area (Å²) in [6, 6.07) is 22.3. The van der Waals surface area contributed by atoms with Crippen molar-refractivity contribution in [2.45, 2.75) is 12.6 Å². The van der Waals surface area contributed by atoms with Gasteiger partial charge in [-0.25, -0.2) is 0 Å². The highest BCUT2D eigenvalue weighted by molar-refractivity contribution is 5.97. The van der Waals surface area contributed by atoms with Crippen molar-refractivity contribution < 1.29 is 19.1 Å². The van der Waals surface area contributed by atoms with Gasteiger partial charge in [-0.05, 0) is 28.7 Å². The maximum Gasteiger partial charge on any atom is 0.254 e. The van der Waals surface area contributed by atoms with Gasteiger partial charge in [0.2, 0.25) is 11.0 Å². The molecule has 1 amide bonds. The molecular formula is C22H17N3O4. The van der Waals surface area contributed by atoms with Gasteiger partial charge in [0.05, 0.1) is 6.54 Å². The SMILES string of the molecule is O=C(c1ccc2c(c1)no[n+]2[O-])N1Cc2ccccc2OC(c2ccccc2)C1. The van der Waals surface area contributed by atoms with Crippen molar-refractivity contribution in [1.82, 2.24) is 10.1 Å². The molecule has 144 valence electrons. The van der Waals surface area contributed by atoms with E-state index in [0.717, 1.165) is 16.9 Å². The molecule has 1 aliphatic heterocycles. The number of rotatable bonds is 2. The van der Waals surface area contributed by atoms with E-state index in [1.807, 2.05) is 54.6 Å². The van der Waals surface area contributed by atoms with E-state index < -0.39 is 0 Å². The monoisotopic (exact) mass is 387 g/mol. The van der Waals surface area contributed by atoms with Gasteiger partial charge in [-0.3, -0.25) is 9.42 Å². The van der Waals surface area contributed by atoms with Gasteiger partial charge in [0.25, 0.3) is 5.91 Å². The third kappa shape index (κ3) is 3.16. The molecule has 2 heterocycles. The highest BCUT2D eigenvalue weighted by Crippen LogP contribution is 2.31. The van der Waals surface area contributed by atoms with Crippen molar-refractivity contribution in [1.29, 1.82) is 0 Å². The molecule has 0 saturated carbocycles. The Hall–Kier alpha value is -3.87. The number of hydrogen-bond acceptors (Lipinski definition) is 5. The number of nitrogens with zero attached hydrogens (tertiary/aromatic N) is 3. The molecule has 7 nitrogen and oxygen atoms in total. The molecule has 0 radical (unpaired) electrons. The molecule has 4 aromatic rings. The van der Waals surface area contributed by atoms with Gasteiger partial charge in [0.15, 0.2) is 0 Å². The average Bonchev–Trinajstić information content (AvgIpc) is 3.02. The fourth-order valence-corrected chi connectivity index (χ4v) is 3.60. The van der Waals surface area contributed by atoms with Crippen molar-refractivity contribution in [2.24, 2.45) is 0 Å². The number of carbonyl (C=O) groups excluding carboxylic acids is 1. The van der Waals surface area contributed by atoms with E-state index in [9.17, 15) is 10.0 Å². The van der Waals surface area contributed by atoms with E-state index >= 15 is 0 Å².